The number of nitrogens with two attached hydrogens (primary N) is 1. The Labute approximate surface area is 132 Å². The van der Waals surface area contributed by atoms with Crippen LogP contribution in [-0.4, -0.2) is 41.8 Å². The third-order valence-electron chi connectivity index (χ3n) is 4.72. The number of amides is 1. The smallest absolute Gasteiger partial charge is 0.331 e. The van der Waals surface area contributed by atoms with Crippen LogP contribution in [0, 0.1) is 5.92 Å². The summed E-state index contributed by atoms with van der Waals surface area (Å²) in [5.74, 6) is -1.36. The number of carboxylic acids is 1. The number of carbonyl (C=O) groups excluding carboxylic acids is 1. The Bertz CT molecular complexity index is 475. The van der Waals surface area contributed by atoms with Gasteiger partial charge < -0.3 is 20.9 Å². The highest BCUT2D eigenvalue weighted by Crippen LogP contribution is 2.39. The summed E-state index contributed by atoms with van der Waals surface area (Å²) in [7, 11) is 1.61. The van der Waals surface area contributed by atoms with Crippen LogP contribution in [0.3, 0.4) is 0 Å². The van der Waals surface area contributed by atoms with E-state index in [-0.39, 0.29) is 23.9 Å². The van der Waals surface area contributed by atoms with Crippen molar-refractivity contribution < 1.29 is 19.4 Å². The van der Waals surface area contributed by atoms with E-state index in [9.17, 15) is 14.7 Å². The first-order valence-corrected chi connectivity index (χ1v) is 7.68. The van der Waals surface area contributed by atoms with Crippen LogP contribution in [-0.2, 0) is 14.3 Å². The summed E-state index contributed by atoms with van der Waals surface area (Å²) in [6.45, 7) is 7.22. The van der Waals surface area contributed by atoms with Crippen molar-refractivity contribution in [1.29, 1.82) is 0 Å². The lowest BCUT2D eigenvalue weighted by atomic mass is 9.78. The van der Waals surface area contributed by atoms with Gasteiger partial charge in [0.1, 0.15) is 0 Å². The molecule has 0 aromatic rings. The van der Waals surface area contributed by atoms with Crippen molar-refractivity contribution in [3.05, 3.63) is 11.1 Å². The van der Waals surface area contributed by atoms with E-state index in [4.69, 9.17) is 10.5 Å². The molecule has 0 aliphatic heterocycles. The van der Waals surface area contributed by atoms with Gasteiger partial charge >= 0.3 is 5.97 Å². The maximum Gasteiger partial charge on any atom is 0.331 e. The molecule has 0 aromatic carbocycles. The van der Waals surface area contributed by atoms with E-state index in [1.165, 1.54) is 6.92 Å². The van der Waals surface area contributed by atoms with Crippen molar-refractivity contribution in [2.75, 3.05) is 7.11 Å². The number of carbonyl (C=O) groups is 2. The summed E-state index contributed by atoms with van der Waals surface area (Å²) in [6.07, 6.45) is 1.94. The van der Waals surface area contributed by atoms with Gasteiger partial charge in [-0.3, -0.25) is 4.79 Å². The molecule has 0 unspecified atom stereocenters. The Morgan fingerprint density at radius 2 is 2.14 bits per heavy atom. The minimum atomic E-state index is -0.938. The van der Waals surface area contributed by atoms with Crippen LogP contribution in [0.5, 0.6) is 0 Å². The first kappa shape index (κ1) is 18.6. The molecule has 1 aliphatic rings. The topological polar surface area (TPSA) is 102 Å². The molecule has 0 saturated heterocycles. The van der Waals surface area contributed by atoms with Gasteiger partial charge in [-0.25, -0.2) is 4.79 Å². The zero-order valence-electron chi connectivity index (χ0n) is 14.1. The fraction of sp³-hybridized carbons (Fsp3) is 0.750. The molecule has 1 amide bonds. The van der Waals surface area contributed by atoms with E-state index in [0.29, 0.717) is 12.0 Å². The highest BCUT2D eigenvalue weighted by molar-refractivity contribution is 5.88. The molecule has 6 heteroatoms. The SMILES string of the molecule is CCC[C@](C)(OC)[C@H](NC(C)=O)[C@@H]1C(C)=C(C(=O)O)C[C@H]1N. The number of ether oxygens (including phenoxy) is 1. The average Bonchev–Trinajstić information content (AvgIpc) is 2.71. The standard InChI is InChI=1S/C16H28N2O4/c1-6-7-16(4,22-5)14(18-10(3)19)13-9(2)11(15(20)21)8-12(13)17/h12-14H,6-8,17H2,1-5H3,(H,18,19)(H,20,21)/t12-,13-,14-,16+/m1/s1. The number of nitrogens with one attached hydrogen (secondary N) is 1. The van der Waals surface area contributed by atoms with E-state index in [0.717, 1.165) is 18.4 Å². The Kier molecular flexibility index (Phi) is 6.14. The Balaban J connectivity index is 3.27. The highest BCUT2D eigenvalue weighted by Gasteiger charge is 2.46. The minimum Gasteiger partial charge on any atom is -0.478 e. The number of rotatable bonds is 7. The zero-order valence-corrected chi connectivity index (χ0v) is 14.1. The van der Waals surface area contributed by atoms with Crippen LogP contribution in [0.4, 0.5) is 0 Å². The van der Waals surface area contributed by atoms with E-state index in [1.54, 1.807) is 14.0 Å². The van der Waals surface area contributed by atoms with Crippen molar-refractivity contribution in [3.63, 3.8) is 0 Å². The van der Waals surface area contributed by atoms with Gasteiger partial charge in [0.05, 0.1) is 11.6 Å². The molecule has 0 bridgehead atoms. The molecule has 1 aliphatic carbocycles. The molecule has 0 fully saturated rings. The second-order valence-electron chi connectivity index (χ2n) is 6.31. The maximum absolute atomic E-state index is 11.7. The van der Waals surface area contributed by atoms with Gasteiger partial charge in [0.2, 0.25) is 5.91 Å². The molecule has 4 N–H and O–H groups in total. The van der Waals surface area contributed by atoms with Crippen molar-refractivity contribution in [2.24, 2.45) is 11.7 Å². The molecule has 0 heterocycles. The Hall–Kier alpha value is -1.40. The monoisotopic (exact) mass is 312 g/mol. The minimum absolute atomic E-state index is 0.173. The van der Waals surface area contributed by atoms with E-state index >= 15 is 0 Å². The quantitative estimate of drug-likeness (QED) is 0.660. The largest absolute Gasteiger partial charge is 0.478 e. The summed E-state index contributed by atoms with van der Waals surface area (Å²) in [5, 5.41) is 12.3. The highest BCUT2D eigenvalue weighted by atomic mass is 16.5. The molecule has 22 heavy (non-hydrogen) atoms. The number of carboxylic acid groups (broad SMARTS) is 1. The fourth-order valence-electron chi connectivity index (χ4n) is 3.52. The second-order valence-corrected chi connectivity index (χ2v) is 6.31. The zero-order chi connectivity index (χ0) is 17.1. The lowest BCUT2D eigenvalue weighted by Crippen LogP contribution is -2.58. The van der Waals surface area contributed by atoms with Crippen LogP contribution >= 0.6 is 0 Å². The van der Waals surface area contributed by atoms with Crippen LogP contribution in [0.2, 0.25) is 0 Å². The summed E-state index contributed by atoms with van der Waals surface area (Å²) >= 11 is 0. The van der Waals surface area contributed by atoms with E-state index in [2.05, 4.69) is 5.32 Å². The van der Waals surface area contributed by atoms with E-state index in [1.807, 2.05) is 13.8 Å². The lowest BCUT2D eigenvalue weighted by Gasteiger charge is -2.42. The van der Waals surface area contributed by atoms with Gasteiger partial charge in [-0.05, 0) is 26.7 Å². The van der Waals surface area contributed by atoms with Gasteiger partial charge in [-0.15, -0.1) is 0 Å². The van der Waals surface area contributed by atoms with Crippen LogP contribution in [0.15, 0.2) is 11.1 Å². The number of hydrogen-bond donors (Lipinski definition) is 3. The van der Waals surface area contributed by atoms with Crippen LogP contribution in [0.25, 0.3) is 0 Å². The molecule has 1 rings (SSSR count). The van der Waals surface area contributed by atoms with Gasteiger partial charge in [-0.2, -0.15) is 0 Å². The molecule has 0 spiro atoms. The first-order valence-electron chi connectivity index (χ1n) is 7.68. The van der Waals surface area contributed by atoms with Gasteiger partial charge in [-0.1, -0.05) is 18.9 Å². The third-order valence-corrected chi connectivity index (χ3v) is 4.72. The van der Waals surface area contributed by atoms with Gasteiger partial charge in [0, 0.05) is 31.6 Å². The normalized spacial score (nSPS) is 25.7. The second kappa shape index (κ2) is 7.24. The number of methoxy groups -OCH3 is 1. The maximum atomic E-state index is 11.7. The molecule has 6 nitrogen and oxygen atoms in total. The molecule has 0 radical (unpaired) electrons. The fourth-order valence-corrected chi connectivity index (χ4v) is 3.52. The van der Waals surface area contributed by atoms with Crippen LogP contribution in [0.1, 0.15) is 47.0 Å². The van der Waals surface area contributed by atoms with E-state index < -0.39 is 11.6 Å². The predicted molar refractivity (Wildman–Crippen MR) is 84.3 cm³/mol. The summed E-state index contributed by atoms with van der Waals surface area (Å²) in [4.78, 5) is 23.0. The van der Waals surface area contributed by atoms with Crippen LogP contribution < -0.4 is 11.1 Å². The summed E-state index contributed by atoms with van der Waals surface area (Å²) < 4.78 is 5.71. The number of aliphatic carboxylic acids is 1. The molecule has 4 atom stereocenters. The van der Waals surface area contributed by atoms with Crippen molar-refractivity contribution >= 4 is 11.9 Å². The molecular weight excluding hydrogens is 284 g/mol. The molecule has 0 saturated carbocycles. The summed E-state index contributed by atoms with van der Waals surface area (Å²) in [5.41, 5.74) is 6.69. The van der Waals surface area contributed by atoms with Gasteiger partial charge in [0.15, 0.2) is 0 Å². The molecule has 0 aromatic heterocycles. The Morgan fingerprint density at radius 1 is 1.55 bits per heavy atom. The lowest BCUT2D eigenvalue weighted by molar-refractivity contribution is -0.132. The Morgan fingerprint density at radius 3 is 2.50 bits per heavy atom. The molecular formula is C16H28N2O4. The first-order chi connectivity index (χ1) is 10.2. The van der Waals surface area contributed by atoms with Crippen molar-refractivity contribution in [3.8, 4) is 0 Å². The molecule has 126 valence electrons. The van der Waals surface area contributed by atoms with Crippen molar-refractivity contribution in [2.45, 2.75) is 64.6 Å². The van der Waals surface area contributed by atoms with Gasteiger partial charge in [0.25, 0.3) is 0 Å². The third kappa shape index (κ3) is 3.67. The average molecular weight is 312 g/mol. The van der Waals surface area contributed by atoms with Crippen molar-refractivity contribution in [1.82, 2.24) is 5.32 Å². The number of hydrogen-bond acceptors (Lipinski definition) is 4. The predicted octanol–water partition coefficient (Wildman–Crippen LogP) is 1.44. The summed E-state index contributed by atoms with van der Waals surface area (Å²) in [6, 6.07) is -0.698.